The Morgan fingerprint density at radius 2 is 1.80 bits per heavy atom. The van der Waals surface area contributed by atoms with Gasteiger partial charge in [0.25, 0.3) is 0 Å². The smallest absolute Gasteiger partial charge is 0.241 e. The Morgan fingerprint density at radius 3 is 2.40 bits per heavy atom. The lowest BCUT2D eigenvalue weighted by Crippen LogP contribution is -1.99. The fourth-order valence-corrected chi connectivity index (χ4v) is 1.37. The molecule has 0 unspecified atom stereocenters. The molecule has 0 N–H and O–H groups in total. The van der Waals surface area contributed by atoms with Crippen LogP contribution in [0.15, 0.2) is 36.7 Å². The van der Waals surface area contributed by atoms with Crippen molar-refractivity contribution in [1.82, 2.24) is 9.55 Å². The molecular weight excluding hydrogens is 192 g/mol. The minimum atomic E-state index is 0.544. The molecule has 4 heteroatoms. The summed E-state index contributed by atoms with van der Waals surface area (Å²) in [5, 5.41) is 0. The molecule has 0 amide bonds. The lowest BCUT2D eigenvalue weighted by atomic mass is 10.4. The van der Waals surface area contributed by atoms with E-state index in [9.17, 15) is 0 Å². The molecule has 0 spiro atoms. The summed E-state index contributed by atoms with van der Waals surface area (Å²) < 4.78 is 12.2. The number of pyridine rings is 1. The van der Waals surface area contributed by atoms with Crippen LogP contribution in [0, 0.1) is 0 Å². The molecule has 0 saturated heterocycles. The standard InChI is InChI=1S/C11H12N2O2/c1-14-10-6-5-9(11(12-10)15-2)13-7-3-4-8-13/h3-8H,1-2H3. The van der Waals surface area contributed by atoms with E-state index in [0.717, 1.165) is 5.69 Å². The molecule has 0 saturated carbocycles. The van der Waals surface area contributed by atoms with Crippen molar-refractivity contribution in [2.24, 2.45) is 0 Å². The molecule has 15 heavy (non-hydrogen) atoms. The van der Waals surface area contributed by atoms with Crippen molar-refractivity contribution >= 4 is 0 Å². The summed E-state index contributed by atoms with van der Waals surface area (Å²) in [5.41, 5.74) is 0.892. The van der Waals surface area contributed by atoms with Gasteiger partial charge in [-0.1, -0.05) is 0 Å². The predicted molar refractivity (Wildman–Crippen MR) is 56.7 cm³/mol. The molecule has 0 aliphatic heterocycles. The number of hydrogen-bond acceptors (Lipinski definition) is 3. The Morgan fingerprint density at radius 1 is 1.07 bits per heavy atom. The predicted octanol–water partition coefficient (Wildman–Crippen LogP) is 1.89. The molecule has 2 aromatic rings. The Hall–Kier alpha value is -1.97. The van der Waals surface area contributed by atoms with Crippen LogP contribution in [0.5, 0.6) is 11.8 Å². The van der Waals surface area contributed by atoms with Crippen LogP contribution in [-0.4, -0.2) is 23.8 Å². The van der Waals surface area contributed by atoms with E-state index in [1.54, 1.807) is 20.3 Å². The van der Waals surface area contributed by atoms with Crippen LogP contribution >= 0.6 is 0 Å². The summed E-state index contributed by atoms with van der Waals surface area (Å²) in [7, 11) is 3.17. The minimum absolute atomic E-state index is 0.544. The number of ether oxygens (including phenoxy) is 2. The first-order chi connectivity index (χ1) is 7.35. The van der Waals surface area contributed by atoms with E-state index in [0.29, 0.717) is 11.8 Å². The van der Waals surface area contributed by atoms with Gasteiger partial charge in [-0.25, -0.2) is 0 Å². The molecule has 2 heterocycles. The second kappa shape index (κ2) is 4.04. The number of hydrogen-bond donors (Lipinski definition) is 0. The maximum absolute atomic E-state index is 5.20. The first kappa shape index (κ1) is 9.58. The zero-order valence-electron chi connectivity index (χ0n) is 8.68. The van der Waals surface area contributed by atoms with Gasteiger partial charge in [-0.2, -0.15) is 4.98 Å². The van der Waals surface area contributed by atoms with E-state index < -0.39 is 0 Å². The summed E-state index contributed by atoms with van der Waals surface area (Å²) in [6.07, 6.45) is 3.87. The van der Waals surface area contributed by atoms with Crippen LogP contribution in [0.1, 0.15) is 0 Å². The van der Waals surface area contributed by atoms with Crippen molar-refractivity contribution in [2.75, 3.05) is 14.2 Å². The van der Waals surface area contributed by atoms with E-state index in [4.69, 9.17) is 9.47 Å². The van der Waals surface area contributed by atoms with Gasteiger partial charge >= 0.3 is 0 Å². The minimum Gasteiger partial charge on any atom is -0.481 e. The lowest BCUT2D eigenvalue weighted by molar-refractivity contribution is 0.363. The van der Waals surface area contributed by atoms with Gasteiger partial charge in [-0.15, -0.1) is 0 Å². The topological polar surface area (TPSA) is 36.3 Å². The Bertz CT molecular complexity index is 438. The SMILES string of the molecule is COc1ccc(-n2cccc2)c(OC)n1. The van der Waals surface area contributed by atoms with Gasteiger partial charge in [0.2, 0.25) is 11.8 Å². The lowest BCUT2D eigenvalue weighted by Gasteiger charge is -2.09. The molecule has 2 rings (SSSR count). The third-order valence-electron chi connectivity index (χ3n) is 2.10. The summed E-state index contributed by atoms with van der Waals surface area (Å²) in [4.78, 5) is 4.20. The molecule has 4 nitrogen and oxygen atoms in total. The highest BCUT2D eigenvalue weighted by molar-refractivity contribution is 5.44. The average Bonchev–Trinajstić information content (AvgIpc) is 2.81. The zero-order valence-corrected chi connectivity index (χ0v) is 8.68. The van der Waals surface area contributed by atoms with Crippen LogP contribution in [0.3, 0.4) is 0 Å². The summed E-state index contributed by atoms with van der Waals surface area (Å²) in [6.45, 7) is 0. The van der Waals surface area contributed by atoms with Gasteiger partial charge in [-0.05, 0) is 18.2 Å². The van der Waals surface area contributed by atoms with Crippen LogP contribution in [0.2, 0.25) is 0 Å². The van der Waals surface area contributed by atoms with Gasteiger partial charge in [0.05, 0.1) is 14.2 Å². The number of methoxy groups -OCH3 is 2. The summed E-state index contributed by atoms with van der Waals surface area (Å²) >= 11 is 0. The average molecular weight is 204 g/mol. The Balaban J connectivity index is 2.48. The second-order valence-electron chi connectivity index (χ2n) is 2.97. The highest BCUT2D eigenvalue weighted by atomic mass is 16.5. The van der Waals surface area contributed by atoms with Crippen molar-refractivity contribution in [3.05, 3.63) is 36.7 Å². The quantitative estimate of drug-likeness (QED) is 0.766. The fourth-order valence-electron chi connectivity index (χ4n) is 1.37. The molecule has 2 aromatic heterocycles. The van der Waals surface area contributed by atoms with Crippen molar-refractivity contribution < 1.29 is 9.47 Å². The van der Waals surface area contributed by atoms with Crippen LogP contribution in [0.25, 0.3) is 5.69 Å². The van der Waals surface area contributed by atoms with Crippen molar-refractivity contribution in [3.63, 3.8) is 0 Å². The molecule has 78 valence electrons. The summed E-state index contributed by atoms with van der Waals surface area (Å²) in [5.74, 6) is 1.09. The first-order valence-corrected chi connectivity index (χ1v) is 4.57. The van der Waals surface area contributed by atoms with Crippen LogP contribution < -0.4 is 9.47 Å². The molecule has 0 fully saturated rings. The van der Waals surface area contributed by atoms with E-state index >= 15 is 0 Å². The molecule has 0 atom stereocenters. The molecule has 0 radical (unpaired) electrons. The Kier molecular flexibility index (Phi) is 2.58. The maximum atomic E-state index is 5.20. The number of aromatic nitrogens is 2. The molecular formula is C11H12N2O2. The molecule has 0 aromatic carbocycles. The van der Waals surface area contributed by atoms with Gasteiger partial charge in [0.1, 0.15) is 5.69 Å². The van der Waals surface area contributed by atoms with E-state index in [1.165, 1.54) is 0 Å². The normalized spacial score (nSPS) is 10.0. The number of rotatable bonds is 3. The Labute approximate surface area is 88.1 Å². The third kappa shape index (κ3) is 1.79. The van der Waals surface area contributed by atoms with E-state index in [-0.39, 0.29) is 0 Å². The zero-order chi connectivity index (χ0) is 10.7. The van der Waals surface area contributed by atoms with E-state index in [1.807, 2.05) is 35.2 Å². The number of nitrogens with zero attached hydrogens (tertiary/aromatic N) is 2. The van der Waals surface area contributed by atoms with Crippen molar-refractivity contribution in [1.29, 1.82) is 0 Å². The second-order valence-corrected chi connectivity index (χ2v) is 2.97. The van der Waals surface area contributed by atoms with E-state index in [2.05, 4.69) is 4.98 Å². The van der Waals surface area contributed by atoms with Gasteiger partial charge in [-0.3, -0.25) is 0 Å². The van der Waals surface area contributed by atoms with Crippen molar-refractivity contribution in [3.8, 4) is 17.4 Å². The monoisotopic (exact) mass is 204 g/mol. The molecule has 0 aliphatic rings. The summed E-state index contributed by atoms with van der Waals surface area (Å²) in [6, 6.07) is 7.61. The highest BCUT2D eigenvalue weighted by Crippen LogP contribution is 2.23. The molecule has 0 aliphatic carbocycles. The highest BCUT2D eigenvalue weighted by Gasteiger charge is 2.07. The molecule has 0 bridgehead atoms. The van der Waals surface area contributed by atoms with Gasteiger partial charge < -0.3 is 14.0 Å². The van der Waals surface area contributed by atoms with Gasteiger partial charge in [0.15, 0.2) is 0 Å². The fraction of sp³-hybridized carbons (Fsp3) is 0.182. The van der Waals surface area contributed by atoms with Crippen LogP contribution in [-0.2, 0) is 0 Å². The van der Waals surface area contributed by atoms with Crippen LogP contribution in [0.4, 0.5) is 0 Å². The van der Waals surface area contributed by atoms with Crippen molar-refractivity contribution in [2.45, 2.75) is 0 Å². The van der Waals surface area contributed by atoms with Gasteiger partial charge in [0, 0.05) is 18.5 Å². The first-order valence-electron chi connectivity index (χ1n) is 4.57. The largest absolute Gasteiger partial charge is 0.481 e. The third-order valence-corrected chi connectivity index (χ3v) is 2.10. The maximum Gasteiger partial charge on any atom is 0.241 e.